The minimum Gasteiger partial charge on any atom is -0.444 e. The Hall–Kier alpha value is -1.63. The lowest BCUT2D eigenvalue weighted by atomic mass is 10.0. The predicted octanol–water partition coefficient (Wildman–Crippen LogP) is 3.61. The van der Waals surface area contributed by atoms with E-state index in [0.29, 0.717) is 12.6 Å². The number of amides is 1. The highest BCUT2D eigenvalue weighted by Crippen LogP contribution is 2.23. The van der Waals surface area contributed by atoms with Crippen molar-refractivity contribution in [3.05, 3.63) is 35.9 Å². The average Bonchev–Trinajstić information content (AvgIpc) is 2.66. The number of benzene rings is 1. The first kappa shape index (κ1) is 23.0. The summed E-state index contributed by atoms with van der Waals surface area (Å²) >= 11 is 0. The van der Waals surface area contributed by atoms with Crippen LogP contribution in [0.2, 0.25) is 0 Å². The van der Waals surface area contributed by atoms with E-state index in [2.05, 4.69) is 60.9 Å². The molecule has 2 heterocycles. The third-order valence-electron chi connectivity index (χ3n) is 5.99. The Balaban J connectivity index is 1.76. The second-order valence-corrected chi connectivity index (χ2v) is 10.00. The molecule has 6 nitrogen and oxygen atoms in total. The van der Waals surface area contributed by atoms with Crippen LogP contribution in [0, 0.1) is 0 Å². The molecule has 168 valence electrons. The van der Waals surface area contributed by atoms with E-state index in [4.69, 9.17) is 9.47 Å². The largest absolute Gasteiger partial charge is 0.444 e. The summed E-state index contributed by atoms with van der Waals surface area (Å²) in [7, 11) is 0. The van der Waals surface area contributed by atoms with Crippen molar-refractivity contribution >= 4 is 6.09 Å². The number of carbonyl (C=O) groups excluding carboxylic acids is 1. The number of hydrogen-bond acceptors (Lipinski definition) is 5. The van der Waals surface area contributed by atoms with Crippen LogP contribution in [-0.2, 0) is 16.0 Å². The molecule has 30 heavy (non-hydrogen) atoms. The third-order valence-corrected chi connectivity index (χ3v) is 5.99. The molecule has 1 amide bonds. The summed E-state index contributed by atoms with van der Waals surface area (Å²) in [6.07, 6.45) is 0.0380. The van der Waals surface area contributed by atoms with E-state index in [0.717, 1.165) is 32.8 Å². The molecule has 2 aliphatic heterocycles. The zero-order chi connectivity index (χ0) is 21.9. The van der Waals surface area contributed by atoms with Crippen molar-refractivity contribution in [2.45, 2.75) is 77.9 Å². The maximum absolute atomic E-state index is 12.9. The minimum absolute atomic E-state index is 0.112. The number of morpholine rings is 1. The minimum atomic E-state index is -0.484. The van der Waals surface area contributed by atoms with Crippen LogP contribution in [0.3, 0.4) is 0 Å². The first-order valence-electron chi connectivity index (χ1n) is 11.3. The van der Waals surface area contributed by atoms with Crippen molar-refractivity contribution in [1.82, 2.24) is 14.7 Å². The number of hydrogen-bond donors (Lipinski definition) is 0. The van der Waals surface area contributed by atoms with Crippen molar-refractivity contribution in [1.29, 1.82) is 0 Å². The molecule has 2 aliphatic rings. The first-order valence-corrected chi connectivity index (χ1v) is 11.3. The maximum atomic E-state index is 12.9. The lowest BCUT2D eigenvalue weighted by molar-refractivity contribution is -0.0689. The summed E-state index contributed by atoms with van der Waals surface area (Å²) in [6.45, 7) is 17.3. The molecule has 3 rings (SSSR count). The van der Waals surface area contributed by atoms with Crippen molar-refractivity contribution < 1.29 is 14.3 Å². The van der Waals surface area contributed by atoms with Gasteiger partial charge in [-0.25, -0.2) is 4.79 Å². The average molecular weight is 418 g/mol. The molecule has 0 bridgehead atoms. The van der Waals surface area contributed by atoms with E-state index in [1.807, 2.05) is 25.7 Å². The van der Waals surface area contributed by atoms with Gasteiger partial charge in [0.1, 0.15) is 5.60 Å². The van der Waals surface area contributed by atoms with Crippen LogP contribution in [-0.4, -0.2) is 83.4 Å². The van der Waals surface area contributed by atoms with E-state index in [1.165, 1.54) is 5.56 Å². The van der Waals surface area contributed by atoms with Gasteiger partial charge >= 0.3 is 6.09 Å². The summed E-state index contributed by atoms with van der Waals surface area (Å²) in [4.78, 5) is 19.9. The lowest BCUT2D eigenvalue weighted by Gasteiger charge is -2.48. The fourth-order valence-corrected chi connectivity index (χ4v) is 4.37. The van der Waals surface area contributed by atoms with E-state index in [1.54, 1.807) is 0 Å². The summed E-state index contributed by atoms with van der Waals surface area (Å²) in [6, 6.07) is 11.4. The Bertz CT molecular complexity index is 691. The molecule has 4 atom stereocenters. The van der Waals surface area contributed by atoms with Crippen LogP contribution in [0.15, 0.2) is 30.3 Å². The van der Waals surface area contributed by atoms with Gasteiger partial charge in [0.15, 0.2) is 0 Å². The van der Waals surface area contributed by atoms with Crippen molar-refractivity contribution in [3.8, 4) is 0 Å². The third kappa shape index (κ3) is 6.19. The van der Waals surface area contributed by atoms with E-state index < -0.39 is 5.60 Å². The first-order chi connectivity index (χ1) is 14.1. The Kier molecular flexibility index (Phi) is 7.43. The Morgan fingerprint density at radius 3 is 2.40 bits per heavy atom. The molecule has 0 spiro atoms. The summed E-state index contributed by atoms with van der Waals surface area (Å²) in [5.41, 5.74) is 0.825. The number of carbonyl (C=O) groups is 1. The van der Waals surface area contributed by atoms with Crippen LogP contribution in [0.25, 0.3) is 0 Å². The lowest BCUT2D eigenvalue weighted by Crippen LogP contribution is -2.63. The molecule has 6 heteroatoms. The monoisotopic (exact) mass is 417 g/mol. The summed E-state index contributed by atoms with van der Waals surface area (Å²) in [5, 5.41) is 0. The fourth-order valence-electron chi connectivity index (χ4n) is 4.37. The van der Waals surface area contributed by atoms with Gasteiger partial charge < -0.3 is 14.4 Å². The van der Waals surface area contributed by atoms with Gasteiger partial charge in [0.25, 0.3) is 0 Å². The summed E-state index contributed by atoms with van der Waals surface area (Å²) in [5.74, 6) is 0. The molecule has 1 aromatic rings. The van der Waals surface area contributed by atoms with Crippen molar-refractivity contribution in [2.75, 3.05) is 32.8 Å². The zero-order valence-corrected chi connectivity index (χ0v) is 19.5. The zero-order valence-electron chi connectivity index (χ0n) is 19.5. The predicted molar refractivity (Wildman–Crippen MR) is 119 cm³/mol. The maximum Gasteiger partial charge on any atom is 0.410 e. The Morgan fingerprint density at radius 2 is 1.73 bits per heavy atom. The van der Waals surface area contributed by atoms with Gasteiger partial charge in [-0.2, -0.15) is 0 Å². The second kappa shape index (κ2) is 9.67. The SMILES string of the molecule is C[C@@H]1CO[C@@H](C)CN1C[C@H]1CN(C(=O)OC(C)(C)C)[C@H](C)CN1Cc1ccccc1. The van der Waals surface area contributed by atoms with Crippen LogP contribution in [0.4, 0.5) is 4.79 Å². The van der Waals surface area contributed by atoms with E-state index in [-0.39, 0.29) is 24.3 Å². The van der Waals surface area contributed by atoms with E-state index in [9.17, 15) is 4.79 Å². The van der Waals surface area contributed by atoms with Gasteiger partial charge in [0.05, 0.1) is 12.7 Å². The second-order valence-electron chi connectivity index (χ2n) is 10.00. The number of nitrogens with zero attached hydrogens (tertiary/aromatic N) is 3. The molecular weight excluding hydrogens is 378 g/mol. The van der Waals surface area contributed by atoms with Crippen LogP contribution >= 0.6 is 0 Å². The number of piperazine rings is 1. The smallest absolute Gasteiger partial charge is 0.410 e. The molecule has 0 N–H and O–H groups in total. The molecule has 1 aromatic carbocycles. The standard InChI is InChI=1S/C24H39N3O3/c1-18-12-26(14-21-10-8-7-9-11-21)22(15-25-13-20(3)29-17-19(25)2)16-27(18)23(28)30-24(4,5)6/h7-11,18-20,22H,12-17H2,1-6H3/t18-,19-,20+,22+/m1/s1. The molecule has 0 radical (unpaired) electrons. The quantitative estimate of drug-likeness (QED) is 0.749. The summed E-state index contributed by atoms with van der Waals surface area (Å²) < 4.78 is 11.5. The number of rotatable bonds is 4. The topological polar surface area (TPSA) is 45.3 Å². The van der Waals surface area contributed by atoms with E-state index >= 15 is 0 Å². The van der Waals surface area contributed by atoms with Gasteiger partial charge in [-0.1, -0.05) is 30.3 Å². The highest BCUT2D eigenvalue weighted by atomic mass is 16.6. The Morgan fingerprint density at radius 1 is 1.03 bits per heavy atom. The molecule has 0 saturated carbocycles. The molecule has 0 unspecified atom stereocenters. The van der Waals surface area contributed by atoms with Gasteiger partial charge in [-0.3, -0.25) is 9.80 Å². The molecule has 2 saturated heterocycles. The van der Waals surface area contributed by atoms with Crippen molar-refractivity contribution in [3.63, 3.8) is 0 Å². The Labute approximate surface area is 182 Å². The van der Waals surface area contributed by atoms with Gasteiger partial charge in [0, 0.05) is 50.8 Å². The normalized spacial score (nSPS) is 29.1. The highest BCUT2D eigenvalue weighted by molar-refractivity contribution is 5.68. The van der Waals surface area contributed by atoms with Gasteiger partial charge in [-0.15, -0.1) is 0 Å². The highest BCUT2D eigenvalue weighted by Gasteiger charge is 2.38. The van der Waals surface area contributed by atoms with Crippen LogP contribution < -0.4 is 0 Å². The van der Waals surface area contributed by atoms with Crippen LogP contribution in [0.5, 0.6) is 0 Å². The molecule has 0 aliphatic carbocycles. The van der Waals surface area contributed by atoms with Gasteiger partial charge in [0.2, 0.25) is 0 Å². The molecule has 2 fully saturated rings. The van der Waals surface area contributed by atoms with Gasteiger partial charge in [-0.05, 0) is 47.1 Å². The molecule has 0 aromatic heterocycles. The number of ether oxygens (including phenoxy) is 2. The fraction of sp³-hybridized carbons (Fsp3) is 0.708. The van der Waals surface area contributed by atoms with Crippen LogP contribution in [0.1, 0.15) is 47.1 Å². The van der Waals surface area contributed by atoms with Crippen molar-refractivity contribution in [2.24, 2.45) is 0 Å². The molecular formula is C24H39N3O3.